The molecule has 6 nitrogen and oxygen atoms in total. The monoisotopic (exact) mass is 305 g/mol. The molecule has 3 heterocycles. The molecule has 1 aromatic heterocycles. The quantitative estimate of drug-likeness (QED) is 0.830. The third-order valence-corrected chi connectivity index (χ3v) is 4.82. The summed E-state index contributed by atoms with van der Waals surface area (Å²) in [7, 11) is 0. The standard InChI is InChI=1S/C16H23N3O3/c20-11-14-10-19(9-13(14)8-18-5-1-2-6-18)16(22)12-3-4-15(21)17-7-12/h3-4,7,13-14,20H,1-2,5-6,8-11H2,(H,17,21)/t13-,14-/m0/s1. The van der Waals surface area contributed by atoms with Crippen molar-refractivity contribution in [1.82, 2.24) is 14.8 Å². The van der Waals surface area contributed by atoms with Gasteiger partial charge in [0.25, 0.3) is 5.91 Å². The van der Waals surface area contributed by atoms with Crippen molar-refractivity contribution in [2.45, 2.75) is 12.8 Å². The van der Waals surface area contributed by atoms with Crippen molar-refractivity contribution in [1.29, 1.82) is 0 Å². The second-order valence-electron chi connectivity index (χ2n) is 6.36. The third-order valence-electron chi connectivity index (χ3n) is 4.82. The van der Waals surface area contributed by atoms with Crippen LogP contribution in [0.4, 0.5) is 0 Å². The lowest BCUT2D eigenvalue weighted by Crippen LogP contribution is -2.32. The number of aliphatic hydroxyl groups excluding tert-OH is 1. The van der Waals surface area contributed by atoms with Crippen LogP contribution >= 0.6 is 0 Å². The molecule has 0 unspecified atom stereocenters. The van der Waals surface area contributed by atoms with E-state index >= 15 is 0 Å². The molecule has 0 spiro atoms. The molecule has 2 aliphatic heterocycles. The maximum atomic E-state index is 12.5. The fraction of sp³-hybridized carbons (Fsp3) is 0.625. The van der Waals surface area contributed by atoms with Gasteiger partial charge in [-0.25, -0.2) is 0 Å². The van der Waals surface area contributed by atoms with Crippen LogP contribution in [0.25, 0.3) is 0 Å². The van der Waals surface area contributed by atoms with Crippen LogP contribution in [0.3, 0.4) is 0 Å². The number of hydrogen-bond acceptors (Lipinski definition) is 4. The minimum atomic E-state index is -0.210. The van der Waals surface area contributed by atoms with E-state index in [-0.39, 0.29) is 24.0 Å². The van der Waals surface area contributed by atoms with Crippen molar-refractivity contribution >= 4 is 5.91 Å². The highest BCUT2D eigenvalue weighted by molar-refractivity contribution is 5.94. The topological polar surface area (TPSA) is 76.6 Å². The highest BCUT2D eigenvalue weighted by Crippen LogP contribution is 2.26. The Balaban J connectivity index is 1.66. The van der Waals surface area contributed by atoms with Crippen molar-refractivity contribution < 1.29 is 9.90 Å². The number of carbonyl (C=O) groups is 1. The number of nitrogens with zero attached hydrogens (tertiary/aromatic N) is 2. The molecule has 0 bridgehead atoms. The van der Waals surface area contributed by atoms with Crippen molar-refractivity contribution in [3.8, 4) is 0 Å². The summed E-state index contributed by atoms with van der Waals surface area (Å²) in [6.45, 7) is 4.60. The van der Waals surface area contributed by atoms with Gasteiger partial charge in [-0.05, 0) is 37.9 Å². The van der Waals surface area contributed by atoms with Crippen LogP contribution < -0.4 is 5.56 Å². The number of aromatic amines is 1. The highest BCUT2D eigenvalue weighted by atomic mass is 16.3. The summed E-state index contributed by atoms with van der Waals surface area (Å²) < 4.78 is 0. The zero-order chi connectivity index (χ0) is 15.5. The number of pyridine rings is 1. The average Bonchev–Trinajstić information content (AvgIpc) is 3.17. The van der Waals surface area contributed by atoms with Gasteiger partial charge in [-0.2, -0.15) is 0 Å². The predicted octanol–water partition coefficient (Wildman–Crippen LogP) is 0.151. The lowest BCUT2D eigenvalue weighted by molar-refractivity contribution is 0.0779. The smallest absolute Gasteiger partial charge is 0.255 e. The molecular weight excluding hydrogens is 282 g/mol. The van der Waals surface area contributed by atoms with Gasteiger partial charge in [0, 0.05) is 44.4 Å². The Morgan fingerprint density at radius 3 is 2.59 bits per heavy atom. The first-order chi connectivity index (χ1) is 10.7. The molecule has 2 fully saturated rings. The van der Waals surface area contributed by atoms with Crippen LogP contribution in [0.2, 0.25) is 0 Å². The number of hydrogen-bond donors (Lipinski definition) is 2. The van der Waals surface area contributed by atoms with Gasteiger partial charge in [0.05, 0.1) is 5.56 Å². The molecule has 22 heavy (non-hydrogen) atoms. The van der Waals surface area contributed by atoms with Gasteiger partial charge in [-0.15, -0.1) is 0 Å². The van der Waals surface area contributed by atoms with E-state index in [9.17, 15) is 14.7 Å². The van der Waals surface area contributed by atoms with Gasteiger partial charge < -0.3 is 19.9 Å². The zero-order valence-corrected chi connectivity index (χ0v) is 12.7. The Hall–Kier alpha value is -1.66. The number of aromatic nitrogens is 1. The summed E-state index contributed by atoms with van der Waals surface area (Å²) in [6, 6.07) is 2.93. The molecule has 2 N–H and O–H groups in total. The van der Waals surface area contributed by atoms with Crippen molar-refractivity contribution in [2.24, 2.45) is 11.8 Å². The van der Waals surface area contributed by atoms with Crippen molar-refractivity contribution in [2.75, 3.05) is 39.3 Å². The number of aliphatic hydroxyl groups is 1. The molecule has 0 aliphatic carbocycles. The third kappa shape index (κ3) is 3.23. The maximum Gasteiger partial charge on any atom is 0.255 e. The largest absolute Gasteiger partial charge is 0.396 e. The second kappa shape index (κ2) is 6.62. The maximum absolute atomic E-state index is 12.5. The Labute approximate surface area is 129 Å². The first-order valence-corrected chi connectivity index (χ1v) is 7.98. The van der Waals surface area contributed by atoms with E-state index in [1.165, 1.54) is 25.1 Å². The molecule has 2 saturated heterocycles. The minimum absolute atomic E-state index is 0.0707. The van der Waals surface area contributed by atoms with E-state index in [2.05, 4.69) is 9.88 Å². The molecule has 6 heteroatoms. The lowest BCUT2D eigenvalue weighted by Gasteiger charge is -2.22. The van der Waals surface area contributed by atoms with E-state index in [0.29, 0.717) is 24.6 Å². The summed E-state index contributed by atoms with van der Waals surface area (Å²) in [4.78, 5) is 30.4. The van der Waals surface area contributed by atoms with Gasteiger partial charge in [-0.3, -0.25) is 9.59 Å². The first kappa shape index (κ1) is 15.2. The zero-order valence-electron chi connectivity index (χ0n) is 12.7. The van der Waals surface area contributed by atoms with Gasteiger partial charge in [0.15, 0.2) is 0 Å². The van der Waals surface area contributed by atoms with Crippen LogP contribution in [0.1, 0.15) is 23.2 Å². The number of carbonyl (C=O) groups excluding carboxylic acids is 1. The molecule has 0 radical (unpaired) electrons. The van der Waals surface area contributed by atoms with Gasteiger partial charge >= 0.3 is 0 Å². The normalized spacial score (nSPS) is 25.8. The van der Waals surface area contributed by atoms with E-state index < -0.39 is 0 Å². The van der Waals surface area contributed by atoms with Crippen LogP contribution in [0.5, 0.6) is 0 Å². The first-order valence-electron chi connectivity index (χ1n) is 7.98. The number of H-pyrrole nitrogens is 1. The van der Waals surface area contributed by atoms with Crippen molar-refractivity contribution in [3.05, 3.63) is 34.2 Å². The lowest BCUT2D eigenvalue weighted by atomic mass is 9.96. The number of amides is 1. The Morgan fingerprint density at radius 2 is 1.95 bits per heavy atom. The fourth-order valence-electron chi connectivity index (χ4n) is 3.54. The van der Waals surface area contributed by atoms with E-state index in [4.69, 9.17) is 0 Å². The second-order valence-corrected chi connectivity index (χ2v) is 6.36. The number of likely N-dealkylation sites (tertiary alicyclic amines) is 2. The molecule has 1 aromatic rings. The summed E-state index contributed by atoms with van der Waals surface area (Å²) >= 11 is 0. The summed E-state index contributed by atoms with van der Waals surface area (Å²) in [5, 5.41) is 9.61. The van der Waals surface area contributed by atoms with Gasteiger partial charge in [0.1, 0.15) is 0 Å². The number of rotatable bonds is 4. The van der Waals surface area contributed by atoms with Crippen LogP contribution in [0.15, 0.2) is 23.1 Å². The van der Waals surface area contributed by atoms with Crippen molar-refractivity contribution in [3.63, 3.8) is 0 Å². The number of nitrogens with one attached hydrogen (secondary N) is 1. The Morgan fingerprint density at radius 1 is 1.23 bits per heavy atom. The minimum Gasteiger partial charge on any atom is -0.396 e. The molecule has 2 atom stereocenters. The summed E-state index contributed by atoms with van der Waals surface area (Å²) in [5.41, 5.74) is 0.288. The SMILES string of the molecule is O=C(c1ccc(=O)[nH]c1)N1C[C@@H](CO)[C@@H](CN2CCCC2)C1. The molecule has 120 valence electrons. The van der Waals surface area contributed by atoms with E-state index in [1.807, 2.05) is 0 Å². The van der Waals surface area contributed by atoms with Crippen LogP contribution in [-0.2, 0) is 0 Å². The molecule has 0 saturated carbocycles. The van der Waals surface area contributed by atoms with Gasteiger partial charge in [-0.1, -0.05) is 0 Å². The molecule has 0 aromatic carbocycles. The Kier molecular flexibility index (Phi) is 4.59. The highest BCUT2D eigenvalue weighted by Gasteiger charge is 2.36. The molecule has 1 amide bonds. The Bertz CT molecular complexity index is 560. The fourth-order valence-corrected chi connectivity index (χ4v) is 3.54. The van der Waals surface area contributed by atoms with E-state index in [1.54, 1.807) is 11.0 Å². The average molecular weight is 305 g/mol. The summed E-state index contributed by atoms with van der Waals surface area (Å²) in [6.07, 6.45) is 3.96. The predicted molar refractivity (Wildman–Crippen MR) is 82.7 cm³/mol. The van der Waals surface area contributed by atoms with E-state index in [0.717, 1.165) is 19.6 Å². The molecule has 2 aliphatic rings. The van der Waals surface area contributed by atoms with Crippen LogP contribution in [0, 0.1) is 11.8 Å². The van der Waals surface area contributed by atoms with Crippen LogP contribution in [-0.4, -0.2) is 65.1 Å². The summed E-state index contributed by atoms with van der Waals surface area (Å²) in [5.74, 6) is 0.403. The van der Waals surface area contributed by atoms with Gasteiger partial charge in [0.2, 0.25) is 5.56 Å². The molecular formula is C16H23N3O3. The molecule has 3 rings (SSSR count).